The van der Waals surface area contributed by atoms with E-state index in [4.69, 9.17) is 5.14 Å². The van der Waals surface area contributed by atoms with Crippen molar-refractivity contribution >= 4 is 51.7 Å². The number of guanidine groups is 1. The Bertz CT molecular complexity index is 409. The van der Waals surface area contributed by atoms with E-state index in [1.165, 1.54) is 18.6 Å². The van der Waals surface area contributed by atoms with E-state index >= 15 is 0 Å². The molecular weight excluding hydrogens is 411 g/mol. The van der Waals surface area contributed by atoms with Crippen LogP contribution >= 0.6 is 35.7 Å². The lowest BCUT2D eigenvalue weighted by Gasteiger charge is -2.21. The molecule has 20 heavy (non-hydrogen) atoms. The number of nitrogens with zero attached hydrogens (tertiary/aromatic N) is 1. The molecule has 1 unspecified atom stereocenters. The molecule has 1 aliphatic heterocycles. The Balaban J connectivity index is 0.00000361. The SMILES string of the molecule is CCNC(=NCC1(C)CCCS1)NCCS(N)(=O)=O.I. The largest absolute Gasteiger partial charge is 0.357 e. The summed E-state index contributed by atoms with van der Waals surface area (Å²) in [4.78, 5) is 4.52. The van der Waals surface area contributed by atoms with E-state index in [0.717, 1.165) is 13.1 Å². The summed E-state index contributed by atoms with van der Waals surface area (Å²) >= 11 is 1.95. The molecule has 0 amide bonds. The van der Waals surface area contributed by atoms with E-state index in [0.29, 0.717) is 5.96 Å². The van der Waals surface area contributed by atoms with Crippen LogP contribution in [0.2, 0.25) is 0 Å². The molecule has 0 bridgehead atoms. The van der Waals surface area contributed by atoms with Crippen LogP contribution in [0.15, 0.2) is 4.99 Å². The minimum Gasteiger partial charge on any atom is -0.357 e. The fourth-order valence-corrected chi connectivity index (χ4v) is 3.47. The lowest BCUT2D eigenvalue weighted by atomic mass is 10.1. The van der Waals surface area contributed by atoms with Crippen LogP contribution in [-0.2, 0) is 10.0 Å². The number of aliphatic imine (C=N–C) groups is 1. The minimum absolute atomic E-state index is 0. The highest BCUT2D eigenvalue weighted by Gasteiger charge is 2.29. The number of hydrogen-bond donors (Lipinski definition) is 3. The molecule has 1 aliphatic rings. The smallest absolute Gasteiger partial charge is 0.210 e. The van der Waals surface area contributed by atoms with Crippen molar-refractivity contribution in [2.45, 2.75) is 31.4 Å². The number of primary sulfonamides is 1. The van der Waals surface area contributed by atoms with Gasteiger partial charge >= 0.3 is 0 Å². The Morgan fingerprint density at radius 3 is 2.65 bits per heavy atom. The summed E-state index contributed by atoms with van der Waals surface area (Å²) in [5.74, 6) is 1.75. The quantitative estimate of drug-likeness (QED) is 0.324. The van der Waals surface area contributed by atoms with Gasteiger partial charge in [0.1, 0.15) is 0 Å². The average molecular weight is 436 g/mol. The molecule has 1 saturated heterocycles. The highest BCUT2D eigenvalue weighted by Crippen LogP contribution is 2.37. The van der Waals surface area contributed by atoms with Gasteiger partial charge in [-0.3, -0.25) is 4.99 Å². The van der Waals surface area contributed by atoms with Crippen molar-refractivity contribution in [1.29, 1.82) is 0 Å². The molecule has 6 nitrogen and oxygen atoms in total. The summed E-state index contributed by atoms with van der Waals surface area (Å²) in [6.45, 7) is 5.95. The lowest BCUT2D eigenvalue weighted by Crippen LogP contribution is -2.41. The number of sulfonamides is 1. The van der Waals surface area contributed by atoms with Gasteiger partial charge in [-0.2, -0.15) is 11.8 Å². The Labute approximate surface area is 143 Å². The first-order valence-corrected chi connectivity index (χ1v) is 9.21. The molecule has 1 rings (SSSR count). The molecule has 0 aliphatic carbocycles. The lowest BCUT2D eigenvalue weighted by molar-refractivity contribution is 0.595. The van der Waals surface area contributed by atoms with Crippen LogP contribution in [0.3, 0.4) is 0 Å². The fourth-order valence-electron chi connectivity index (χ4n) is 1.86. The molecule has 0 radical (unpaired) electrons. The maximum absolute atomic E-state index is 10.9. The van der Waals surface area contributed by atoms with Crippen molar-refractivity contribution in [3.63, 3.8) is 0 Å². The average Bonchev–Trinajstić information content (AvgIpc) is 2.72. The summed E-state index contributed by atoms with van der Waals surface area (Å²) < 4.78 is 21.9. The standard InChI is InChI=1S/C11H24N4O2S2.HI/c1-3-13-10(14-6-8-19(12,16)17)15-9-11(2)5-4-7-18-11;/h3-9H2,1-2H3,(H2,12,16,17)(H2,13,14,15);1H. The number of halogens is 1. The maximum atomic E-state index is 10.9. The van der Waals surface area contributed by atoms with E-state index in [2.05, 4.69) is 22.5 Å². The Kier molecular flexibility index (Phi) is 9.43. The number of thioether (sulfide) groups is 1. The van der Waals surface area contributed by atoms with Gasteiger partial charge in [0.25, 0.3) is 0 Å². The molecular formula is C11H25IN4O2S2. The third-order valence-corrected chi connectivity index (χ3v) is 5.19. The van der Waals surface area contributed by atoms with Crippen LogP contribution in [0.5, 0.6) is 0 Å². The van der Waals surface area contributed by atoms with Gasteiger partial charge in [-0.1, -0.05) is 0 Å². The normalized spacial score (nSPS) is 23.2. The number of hydrogen-bond acceptors (Lipinski definition) is 4. The molecule has 1 fully saturated rings. The Morgan fingerprint density at radius 2 is 2.15 bits per heavy atom. The van der Waals surface area contributed by atoms with Gasteiger partial charge in [-0.15, -0.1) is 24.0 Å². The monoisotopic (exact) mass is 436 g/mol. The molecule has 0 aromatic carbocycles. The summed E-state index contributed by atoms with van der Waals surface area (Å²) in [5, 5.41) is 11.1. The molecule has 0 saturated carbocycles. The van der Waals surface area contributed by atoms with E-state index in [9.17, 15) is 8.42 Å². The zero-order chi connectivity index (χ0) is 14.4. The predicted octanol–water partition coefficient (Wildman–Crippen LogP) is 0.734. The topological polar surface area (TPSA) is 96.6 Å². The summed E-state index contributed by atoms with van der Waals surface area (Å²) in [6.07, 6.45) is 2.42. The fraction of sp³-hybridized carbons (Fsp3) is 0.909. The van der Waals surface area contributed by atoms with E-state index < -0.39 is 10.0 Å². The van der Waals surface area contributed by atoms with Crippen molar-refractivity contribution < 1.29 is 8.42 Å². The number of rotatable bonds is 6. The first-order valence-electron chi connectivity index (χ1n) is 6.51. The number of nitrogens with one attached hydrogen (secondary N) is 2. The molecule has 9 heteroatoms. The Morgan fingerprint density at radius 1 is 1.45 bits per heavy atom. The summed E-state index contributed by atoms with van der Waals surface area (Å²) in [5.41, 5.74) is 0. The molecule has 120 valence electrons. The first-order chi connectivity index (χ1) is 8.85. The second kappa shape index (κ2) is 9.31. The number of nitrogens with two attached hydrogens (primary N) is 1. The zero-order valence-corrected chi connectivity index (χ0v) is 16.0. The van der Waals surface area contributed by atoms with Crippen LogP contribution in [0.1, 0.15) is 26.7 Å². The van der Waals surface area contributed by atoms with Crippen molar-refractivity contribution in [3.05, 3.63) is 0 Å². The molecule has 1 heterocycles. The van der Waals surface area contributed by atoms with Gasteiger partial charge in [0.05, 0.1) is 12.3 Å². The van der Waals surface area contributed by atoms with E-state index in [1.807, 2.05) is 18.7 Å². The molecule has 1 atom stereocenters. The Hall–Kier alpha value is 0.260. The third kappa shape index (κ3) is 8.53. The van der Waals surface area contributed by atoms with Gasteiger partial charge < -0.3 is 10.6 Å². The predicted molar refractivity (Wildman–Crippen MR) is 97.5 cm³/mol. The van der Waals surface area contributed by atoms with E-state index in [1.54, 1.807) is 0 Å². The van der Waals surface area contributed by atoms with Crippen LogP contribution in [-0.4, -0.2) is 50.3 Å². The third-order valence-electron chi connectivity index (χ3n) is 2.90. The second-order valence-corrected chi connectivity index (χ2v) is 8.31. The van der Waals surface area contributed by atoms with Crippen molar-refractivity contribution in [2.75, 3.05) is 31.1 Å². The van der Waals surface area contributed by atoms with Crippen LogP contribution in [0, 0.1) is 0 Å². The minimum atomic E-state index is -3.43. The van der Waals surface area contributed by atoms with E-state index in [-0.39, 0.29) is 41.0 Å². The highest BCUT2D eigenvalue weighted by atomic mass is 127. The maximum Gasteiger partial charge on any atom is 0.210 e. The van der Waals surface area contributed by atoms with Crippen LogP contribution in [0.25, 0.3) is 0 Å². The second-order valence-electron chi connectivity index (χ2n) is 4.89. The summed E-state index contributed by atoms with van der Waals surface area (Å²) in [7, 11) is -3.43. The van der Waals surface area contributed by atoms with Gasteiger partial charge in [0.2, 0.25) is 10.0 Å². The molecule has 0 aromatic heterocycles. The van der Waals surface area contributed by atoms with Crippen LogP contribution in [0.4, 0.5) is 0 Å². The molecule has 0 spiro atoms. The van der Waals surface area contributed by atoms with Crippen LogP contribution < -0.4 is 15.8 Å². The van der Waals surface area contributed by atoms with Gasteiger partial charge in [0, 0.05) is 17.8 Å². The van der Waals surface area contributed by atoms with Crippen molar-refractivity contribution in [2.24, 2.45) is 10.1 Å². The molecule has 4 N–H and O–H groups in total. The highest BCUT2D eigenvalue weighted by molar-refractivity contribution is 14.0. The zero-order valence-electron chi connectivity index (χ0n) is 12.0. The first kappa shape index (κ1) is 20.3. The molecule has 0 aromatic rings. The van der Waals surface area contributed by atoms with Crippen molar-refractivity contribution in [3.8, 4) is 0 Å². The van der Waals surface area contributed by atoms with Crippen molar-refractivity contribution in [1.82, 2.24) is 10.6 Å². The van der Waals surface area contributed by atoms with Gasteiger partial charge in [0.15, 0.2) is 5.96 Å². The van der Waals surface area contributed by atoms with Gasteiger partial charge in [-0.05, 0) is 32.4 Å². The summed E-state index contributed by atoms with van der Waals surface area (Å²) in [6, 6.07) is 0. The van der Waals surface area contributed by atoms with Gasteiger partial charge in [-0.25, -0.2) is 13.6 Å².